The van der Waals surface area contributed by atoms with Crippen molar-refractivity contribution in [1.29, 1.82) is 0 Å². The molecule has 0 bridgehead atoms. The summed E-state index contributed by atoms with van der Waals surface area (Å²) in [5.41, 5.74) is 9.72. The van der Waals surface area contributed by atoms with Gasteiger partial charge in [0.15, 0.2) is 0 Å². The van der Waals surface area contributed by atoms with Crippen LogP contribution in [0, 0.1) is 13.8 Å². The zero-order chi connectivity index (χ0) is 12.3. The van der Waals surface area contributed by atoms with Crippen LogP contribution in [0.15, 0.2) is 12.1 Å². The van der Waals surface area contributed by atoms with Crippen molar-refractivity contribution in [3.63, 3.8) is 0 Å². The van der Waals surface area contributed by atoms with Crippen LogP contribution >= 0.6 is 0 Å². The maximum Gasteiger partial charge on any atom is 0.122 e. The Morgan fingerprint density at radius 2 is 1.75 bits per heavy atom. The third kappa shape index (κ3) is 3.53. The topological polar surface area (TPSA) is 35.2 Å². The van der Waals surface area contributed by atoms with Gasteiger partial charge >= 0.3 is 0 Å². The van der Waals surface area contributed by atoms with E-state index >= 15 is 0 Å². The molecule has 16 heavy (non-hydrogen) atoms. The van der Waals surface area contributed by atoms with E-state index in [1.807, 2.05) is 0 Å². The van der Waals surface area contributed by atoms with Crippen LogP contribution in [-0.4, -0.2) is 12.6 Å². The van der Waals surface area contributed by atoms with Crippen molar-refractivity contribution in [2.75, 3.05) is 7.11 Å². The summed E-state index contributed by atoms with van der Waals surface area (Å²) in [5.74, 6) is 0.979. The van der Waals surface area contributed by atoms with Crippen molar-refractivity contribution in [3.8, 4) is 5.75 Å². The first kappa shape index (κ1) is 13.0. The van der Waals surface area contributed by atoms with Gasteiger partial charge in [-0.15, -0.1) is 0 Å². The molecule has 0 unspecified atom stereocenters. The van der Waals surface area contributed by atoms with Crippen LogP contribution in [-0.2, 0) is 6.42 Å². The second kappa shape index (κ2) is 4.88. The molecule has 0 fully saturated rings. The maximum atomic E-state index is 6.00. The largest absolute Gasteiger partial charge is 0.496 e. The van der Waals surface area contributed by atoms with E-state index < -0.39 is 0 Å². The predicted molar refractivity (Wildman–Crippen MR) is 69.1 cm³/mol. The van der Waals surface area contributed by atoms with Gasteiger partial charge in [-0.05, 0) is 63.3 Å². The van der Waals surface area contributed by atoms with Crippen LogP contribution < -0.4 is 10.5 Å². The van der Waals surface area contributed by atoms with Crippen molar-refractivity contribution < 1.29 is 4.74 Å². The third-order valence-electron chi connectivity index (χ3n) is 2.94. The van der Waals surface area contributed by atoms with Gasteiger partial charge in [0.1, 0.15) is 5.75 Å². The zero-order valence-corrected chi connectivity index (χ0v) is 11.1. The standard InChI is InChI=1S/C14H23NO/c1-10-8-12(6-7-14(3,4)15)13(16-5)9-11(10)2/h8-9H,6-7,15H2,1-5H3. The van der Waals surface area contributed by atoms with E-state index in [0.717, 1.165) is 18.6 Å². The Labute approximate surface area is 98.8 Å². The minimum Gasteiger partial charge on any atom is -0.496 e. The van der Waals surface area contributed by atoms with E-state index in [-0.39, 0.29) is 5.54 Å². The Bertz CT molecular complexity index is 364. The van der Waals surface area contributed by atoms with E-state index in [9.17, 15) is 0 Å². The molecule has 2 nitrogen and oxygen atoms in total. The van der Waals surface area contributed by atoms with Crippen molar-refractivity contribution in [2.45, 2.75) is 46.1 Å². The second-order valence-electron chi connectivity index (χ2n) is 5.24. The van der Waals surface area contributed by atoms with E-state index in [2.05, 4.69) is 39.8 Å². The molecular weight excluding hydrogens is 198 g/mol. The fraction of sp³-hybridized carbons (Fsp3) is 0.571. The van der Waals surface area contributed by atoms with Gasteiger partial charge in [0, 0.05) is 5.54 Å². The van der Waals surface area contributed by atoms with Gasteiger partial charge in [-0.1, -0.05) is 6.07 Å². The van der Waals surface area contributed by atoms with E-state index in [1.54, 1.807) is 7.11 Å². The number of ether oxygens (including phenoxy) is 1. The number of hydrogen-bond donors (Lipinski definition) is 1. The highest BCUT2D eigenvalue weighted by molar-refractivity contribution is 5.41. The van der Waals surface area contributed by atoms with Gasteiger partial charge in [-0.25, -0.2) is 0 Å². The monoisotopic (exact) mass is 221 g/mol. The Balaban J connectivity index is 2.90. The van der Waals surface area contributed by atoms with Gasteiger partial charge in [-0.2, -0.15) is 0 Å². The number of nitrogens with two attached hydrogens (primary N) is 1. The Hall–Kier alpha value is -1.02. The number of hydrogen-bond acceptors (Lipinski definition) is 2. The quantitative estimate of drug-likeness (QED) is 0.848. The number of methoxy groups -OCH3 is 1. The van der Waals surface area contributed by atoms with Gasteiger partial charge < -0.3 is 10.5 Å². The highest BCUT2D eigenvalue weighted by atomic mass is 16.5. The fourth-order valence-electron chi connectivity index (χ4n) is 1.69. The summed E-state index contributed by atoms with van der Waals surface area (Å²) < 4.78 is 5.41. The zero-order valence-electron chi connectivity index (χ0n) is 11.1. The van der Waals surface area contributed by atoms with Crippen LogP contribution in [0.2, 0.25) is 0 Å². The Morgan fingerprint density at radius 1 is 1.19 bits per heavy atom. The highest BCUT2D eigenvalue weighted by Crippen LogP contribution is 2.25. The van der Waals surface area contributed by atoms with Crippen LogP contribution in [0.4, 0.5) is 0 Å². The van der Waals surface area contributed by atoms with Gasteiger partial charge in [0.05, 0.1) is 7.11 Å². The first-order chi connectivity index (χ1) is 7.33. The highest BCUT2D eigenvalue weighted by Gasteiger charge is 2.13. The van der Waals surface area contributed by atoms with E-state index in [1.165, 1.54) is 16.7 Å². The molecule has 90 valence electrons. The van der Waals surface area contributed by atoms with Crippen LogP contribution in [0.25, 0.3) is 0 Å². The minimum absolute atomic E-state index is 0.121. The summed E-state index contributed by atoms with van der Waals surface area (Å²) in [6.45, 7) is 8.35. The Morgan fingerprint density at radius 3 is 2.25 bits per heavy atom. The van der Waals surface area contributed by atoms with Crippen LogP contribution in [0.3, 0.4) is 0 Å². The molecule has 0 aliphatic rings. The summed E-state index contributed by atoms with van der Waals surface area (Å²) in [5, 5.41) is 0. The molecule has 0 saturated carbocycles. The van der Waals surface area contributed by atoms with E-state index in [4.69, 9.17) is 10.5 Å². The SMILES string of the molecule is COc1cc(C)c(C)cc1CCC(C)(C)N. The molecule has 0 aromatic heterocycles. The molecule has 0 saturated heterocycles. The lowest BCUT2D eigenvalue weighted by atomic mass is 9.94. The molecule has 0 atom stereocenters. The van der Waals surface area contributed by atoms with Gasteiger partial charge in [-0.3, -0.25) is 0 Å². The molecule has 0 heterocycles. The lowest BCUT2D eigenvalue weighted by Crippen LogP contribution is -2.32. The molecule has 1 rings (SSSR count). The average Bonchev–Trinajstić information content (AvgIpc) is 2.18. The second-order valence-corrected chi connectivity index (χ2v) is 5.24. The van der Waals surface area contributed by atoms with Crippen LogP contribution in [0.1, 0.15) is 37.0 Å². The molecule has 0 spiro atoms. The summed E-state index contributed by atoms with van der Waals surface area (Å²) in [4.78, 5) is 0. The van der Waals surface area contributed by atoms with Gasteiger partial charge in [0.2, 0.25) is 0 Å². The molecular formula is C14H23NO. The molecule has 2 N–H and O–H groups in total. The minimum atomic E-state index is -0.121. The number of aryl methyl sites for hydroxylation is 3. The summed E-state index contributed by atoms with van der Waals surface area (Å²) in [7, 11) is 1.72. The number of benzene rings is 1. The maximum absolute atomic E-state index is 6.00. The molecule has 0 aliphatic carbocycles. The predicted octanol–water partition coefficient (Wildman–Crippen LogP) is 2.98. The third-order valence-corrected chi connectivity index (χ3v) is 2.94. The lowest BCUT2D eigenvalue weighted by Gasteiger charge is -2.19. The van der Waals surface area contributed by atoms with Crippen molar-refractivity contribution in [2.24, 2.45) is 5.73 Å². The van der Waals surface area contributed by atoms with Crippen LogP contribution in [0.5, 0.6) is 5.75 Å². The van der Waals surface area contributed by atoms with Crippen molar-refractivity contribution in [1.82, 2.24) is 0 Å². The molecule has 1 aromatic rings. The Kier molecular flexibility index (Phi) is 3.98. The van der Waals surface area contributed by atoms with Crippen molar-refractivity contribution >= 4 is 0 Å². The first-order valence-electron chi connectivity index (χ1n) is 5.76. The van der Waals surface area contributed by atoms with Gasteiger partial charge in [0.25, 0.3) is 0 Å². The lowest BCUT2D eigenvalue weighted by molar-refractivity contribution is 0.404. The molecule has 0 radical (unpaired) electrons. The molecule has 2 heteroatoms. The smallest absolute Gasteiger partial charge is 0.122 e. The number of rotatable bonds is 4. The normalized spacial score (nSPS) is 11.6. The molecule has 1 aromatic carbocycles. The first-order valence-corrected chi connectivity index (χ1v) is 5.76. The average molecular weight is 221 g/mol. The summed E-state index contributed by atoms with van der Waals surface area (Å²) >= 11 is 0. The summed E-state index contributed by atoms with van der Waals surface area (Å²) in [6.07, 6.45) is 1.93. The summed E-state index contributed by atoms with van der Waals surface area (Å²) in [6, 6.07) is 4.31. The fourth-order valence-corrected chi connectivity index (χ4v) is 1.69. The van der Waals surface area contributed by atoms with Crippen molar-refractivity contribution in [3.05, 3.63) is 28.8 Å². The van der Waals surface area contributed by atoms with E-state index in [0.29, 0.717) is 0 Å². The molecule has 0 amide bonds. The molecule has 0 aliphatic heterocycles.